The van der Waals surface area contributed by atoms with Crippen molar-refractivity contribution < 1.29 is 27.6 Å². The molecule has 2 amide bonds. The average Bonchev–Trinajstić information content (AvgIpc) is 2.94. The first kappa shape index (κ1) is 21.5. The van der Waals surface area contributed by atoms with Crippen LogP contribution < -0.4 is 4.90 Å². The van der Waals surface area contributed by atoms with Crippen LogP contribution in [0.2, 0.25) is 5.02 Å². The lowest BCUT2D eigenvalue weighted by molar-refractivity contribution is -0.120. The first-order valence-electron chi connectivity index (χ1n) is 8.67. The molecule has 0 saturated carbocycles. The van der Waals surface area contributed by atoms with Crippen LogP contribution in [0.5, 0.6) is 0 Å². The van der Waals surface area contributed by atoms with Crippen LogP contribution in [0.4, 0.5) is 10.1 Å². The number of nitrogens with zero attached hydrogens (tertiary/aromatic N) is 1. The summed E-state index contributed by atoms with van der Waals surface area (Å²) in [7, 11) is -1.19. The van der Waals surface area contributed by atoms with E-state index in [0.717, 1.165) is 23.8 Å². The molecule has 1 aromatic carbocycles. The predicted molar refractivity (Wildman–Crippen MR) is 104 cm³/mol. The molecule has 0 radical (unpaired) electrons. The largest absolute Gasteiger partial charge is 0.348 e. The molecule has 6 nitrogen and oxygen atoms in total. The standard InChI is InChI=1S/C18H19Cl2FNO5P/c1-26-28(25,27-2)16(20)8-10-7-15(14(21)9-13(10)19)22-17(23)11-5-3-4-6-12(11)18(22)24/h7,9,16H,3-6,8H2,1-2H3. The predicted octanol–water partition coefficient (Wildman–Crippen LogP) is 4.82. The fraction of sp³-hybridized carbons (Fsp3) is 0.444. The van der Waals surface area contributed by atoms with Crippen LogP contribution in [0.3, 0.4) is 0 Å². The van der Waals surface area contributed by atoms with E-state index in [9.17, 15) is 18.5 Å². The van der Waals surface area contributed by atoms with Gasteiger partial charge < -0.3 is 9.05 Å². The van der Waals surface area contributed by atoms with E-state index in [2.05, 4.69) is 0 Å². The zero-order chi connectivity index (χ0) is 20.6. The van der Waals surface area contributed by atoms with E-state index in [0.29, 0.717) is 29.6 Å². The van der Waals surface area contributed by atoms with Gasteiger partial charge in [-0.25, -0.2) is 9.29 Å². The van der Waals surface area contributed by atoms with Crippen LogP contribution in [0, 0.1) is 5.82 Å². The van der Waals surface area contributed by atoms with Gasteiger partial charge in [-0.15, -0.1) is 11.6 Å². The molecule has 28 heavy (non-hydrogen) atoms. The van der Waals surface area contributed by atoms with Crippen LogP contribution in [-0.4, -0.2) is 31.2 Å². The van der Waals surface area contributed by atoms with Gasteiger partial charge >= 0.3 is 7.60 Å². The van der Waals surface area contributed by atoms with Gasteiger partial charge in [0.25, 0.3) is 11.8 Å². The van der Waals surface area contributed by atoms with Gasteiger partial charge in [0.1, 0.15) is 10.9 Å². The molecule has 2 aliphatic rings. The minimum Gasteiger partial charge on any atom is -0.311 e. The SMILES string of the molecule is COP(=O)(OC)C(Cl)Cc1cc(N2C(=O)C3=C(CCCC3)C2=O)c(F)cc1Cl. The maximum Gasteiger partial charge on any atom is 0.348 e. The number of anilines is 1. The number of carbonyl (C=O) groups excluding carboxylic acids is 2. The summed E-state index contributed by atoms with van der Waals surface area (Å²) in [6, 6.07) is 2.30. The second-order valence-corrected chi connectivity index (χ2v) is 10.2. The summed E-state index contributed by atoms with van der Waals surface area (Å²) in [6.07, 6.45) is 2.57. The molecule has 1 atom stereocenters. The van der Waals surface area contributed by atoms with Crippen molar-refractivity contribution in [3.05, 3.63) is 39.7 Å². The fourth-order valence-corrected chi connectivity index (χ4v) is 5.36. The number of rotatable bonds is 6. The molecular weight excluding hydrogens is 431 g/mol. The van der Waals surface area contributed by atoms with E-state index in [1.807, 2.05) is 0 Å². The normalized spacial score (nSPS) is 18.7. The Morgan fingerprint density at radius 1 is 1.14 bits per heavy atom. The van der Waals surface area contributed by atoms with Crippen molar-refractivity contribution in [1.82, 2.24) is 0 Å². The monoisotopic (exact) mass is 449 g/mol. The highest BCUT2D eigenvalue weighted by Gasteiger charge is 2.41. The highest BCUT2D eigenvalue weighted by atomic mass is 35.5. The highest BCUT2D eigenvalue weighted by Crippen LogP contribution is 2.54. The molecule has 152 valence electrons. The molecule has 1 heterocycles. The van der Waals surface area contributed by atoms with Crippen LogP contribution in [0.25, 0.3) is 0 Å². The van der Waals surface area contributed by atoms with Gasteiger partial charge in [0.05, 0.1) is 5.69 Å². The zero-order valence-electron chi connectivity index (χ0n) is 15.3. The number of hydrogen-bond acceptors (Lipinski definition) is 5. The molecule has 0 N–H and O–H groups in total. The molecule has 0 spiro atoms. The molecule has 0 bridgehead atoms. The van der Waals surface area contributed by atoms with Crippen molar-refractivity contribution in [3.63, 3.8) is 0 Å². The Kier molecular flexibility index (Phi) is 6.32. The van der Waals surface area contributed by atoms with E-state index >= 15 is 0 Å². The van der Waals surface area contributed by atoms with Gasteiger partial charge in [-0.05, 0) is 43.4 Å². The van der Waals surface area contributed by atoms with E-state index in [-0.39, 0.29) is 17.1 Å². The van der Waals surface area contributed by atoms with Crippen molar-refractivity contribution in [2.75, 3.05) is 19.1 Å². The van der Waals surface area contributed by atoms with Crippen molar-refractivity contribution >= 4 is 48.3 Å². The van der Waals surface area contributed by atoms with Crippen LogP contribution in [0.15, 0.2) is 23.3 Å². The second kappa shape index (κ2) is 8.25. The first-order valence-corrected chi connectivity index (χ1v) is 11.1. The summed E-state index contributed by atoms with van der Waals surface area (Å²) in [5.74, 6) is -1.81. The summed E-state index contributed by atoms with van der Waals surface area (Å²) in [5.41, 5.74) is 1.02. The van der Waals surface area contributed by atoms with E-state index in [1.165, 1.54) is 20.3 Å². The molecule has 1 aromatic rings. The second-order valence-electron chi connectivity index (χ2n) is 6.55. The number of halogens is 3. The maximum absolute atomic E-state index is 14.6. The fourth-order valence-electron chi connectivity index (χ4n) is 3.46. The molecule has 1 aliphatic carbocycles. The van der Waals surface area contributed by atoms with E-state index < -0.39 is 30.3 Å². The lowest BCUT2D eigenvalue weighted by Gasteiger charge is -2.21. The van der Waals surface area contributed by atoms with Crippen LogP contribution in [-0.2, 0) is 29.6 Å². The topological polar surface area (TPSA) is 72.9 Å². The lowest BCUT2D eigenvalue weighted by atomic mass is 9.93. The maximum atomic E-state index is 14.6. The number of amides is 2. The third kappa shape index (κ3) is 3.66. The Bertz CT molecular complexity index is 883. The quantitative estimate of drug-likeness (QED) is 0.353. The van der Waals surface area contributed by atoms with Crippen LogP contribution >= 0.6 is 30.8 Å². The molecule has 0 saturated heterocycles. The summed E-state index contributed by atoms with van der Waals surface area (Å²) in [5, 5.41) is -1.06. The molecule has 0 aromatic heterocycles. The molecule has 1 aliphatic heterocycles. The van der Waals surface area contributed by atoms with Gasteiger partial charge in [-0.3, -0.25) is 14.2 Å². The zero-order valence-corrected chi connectivity index (χ0v) is 17.7. The van der Waals surface area contributed by atoms with E-state index in [1.54, 1.807) is 0 Å². The molecule has 0 fully saturated rings. The van der Waals surface area contributed by atoms with Crippen molar-refractivity contribution in [2.45, 2.75) is 37.2 Å². The minimum absolute atomic E-state index is 0.0301. The Morgan fingerprint density at radius 3 is 2.18 bits per heavy atom. The Morgan fingerprint density at radius 2 is 1.68 bits per heavy atom. The van der Waals surface area contributed by atoms with Gasteiger partial charge in [0.2, 0.25) is 0 Å². The molecule has 3 rings (SSSR count). The van der Waals surface area contributed by atoms with Gasteiger partial charge in [0.15, 0.2) is 0 Å². The number of carbonyl (C=O) groups is 2. The summed E-state index contributed by atoms with van der Waals surface area (Å²) in [6.45, 7) is 0. The van der Waals surface area contributed by atoms with Crippen molar-refractivity contribution in [1.29, 1.82) is 0 Å². The van der Waals surface area contributed by atoms with Crippen molar-refractivity contribution in [2.24, 2.45) is 0 Å². The lowest BCUT2D eigenvalue weighted by Crippen LogP contribution is -2.32. The van der Waals surface area contributed by atoms with Gasteiger partial charge in [-0.1, -0.05) is 11.6 Å². The minimum atomic E-state index is -3.60. The summed E-state index contributed by atoms with van der Waals surface area (Å²) < 4.78 is 36.8. The third-order valence-electron chi connectivity index (χ3n) is 4.99. The number of imide groups is 1. The highest BCUT2D eigenvalue weighted by molar-refractivity contribution is 7.56. The number of alkyl halides is 1. The number of benzene rings is 1. The molecule has 1 unspecified atom stereocenters. The average molecular weight is 450 g/mol. The van der Waals surface area contributed by atoms with Crippen LogP contribution in [0.1, 0.15) is 31.2 Å². The Hall–Kier alpha value is -1.24. The smallest absolute Gasteiger partial charge is 0.311 e. The third-order valence-corrected chi connectivity index (χ3v) is 8.10. The first-order chi connectivity index (χ1) is 13.2. The number of hydrogen-bond donors (Lipinski definition) is 0. The molecular formula is C18H19Cl2FNO5P. The van der Waals surface area contributed by atoms with Gasteiger partial charge in [-0.2, -0.15) is 0 Å². The Balaban J connectivity index is 1.96. The van der Waals surface area contributed by atoms with E-state index in [4.69, 9.17) is 32.2 Å². The Labute approximate surface area is 172 Å². The van der Waals surface area contributed by atoms with Crippen molar-refractivity contribution in [3.8, 4) is 0 Å². The van der Waals surface area contributed by atoms with Gasteiger partial charge in [0, 0.05) is 36.8 Å². The summed E-state index contributed by atoms with van der Waals surface area (Å²) >= 11 is 12.3. The molecule has 10 heteroatoms. The summed E-state index contributed by atoms with van der Waals surface area (Å²) in [4.78, 5) is 26.3.